The van der Waals surface area contributed by atoms with E-state index in [1.54, 1.807) is 7.05 Å². The van der Waals surface area contributed by atoms with E-state index < -0.39 is 0 Å². The molecule has 2 aromatic carbocycles. The van der Waals surface area contributed by atoms with Crippen LogP contribution in [0.15, 0.2) is 59.6 Å². The maximum Gasteiger partial charge on any atom is 0.191 e. The topological polar surface area (TPSA) is 36.4 Å². The molecule has 0 amide bonds. The largest absolute Gasteiger partial charge is 0.356 e. The van der Waals surface area contributed by atoms with Gasteiger partial charge in [0.1, 0.15) is 0 Å². The highest BCUT2D eigenvalue weighted by Gasteiger charge is 2.06. The quantitative estimate of drug-likeness (QED) is 0.432. The number of hydrogen-bond acceptors (Lipinski definition) is 1. The molecule has 0 radical (unpaired) electrons. The van der Waals surface area contributed by atoms with Crippen LogP contribution in [0.3, 0.4) is 0 Å². The first-order chi connectivity index (χ1) is 10.7. The zero-order chi connectivity index (χ0) is 15.8. The first-order valence-corrected chi connectivity index (χ1v) is 7.74. The van der Waals surface area contributed by atoms with E-state index in [0.29, 0.717) is 5.92 Å². The van der Waals surface area contributed by atoms with Gasteiger partial charge in [-0.15, -0.1) is 24.0 Å². The first-order valence-electron chi connectivity index (χ1n) is 7.74. The Balaban J connectivity index is 0.00000264. The predicted octanol–water partition coefficient (Wildman–Crippen LogP) is 4.08. The summed E-state index contributed by atoms with van der Waals surface area (Å²) >= 11 is 0. The normalized spacial score (nSPS) is 12.2. The molecular weight excluding hydrogens is 397 g/mol. The third-order valence-corrected chi connectivity index (χ3v) is 3.71. The van der Waals surface area contributed by atoms with Crippen molar-refractivity contribution in [3.05, 3.63) is 71.3 Å². The van der Waals surface area contributed by atoms with E-state index >= 15 is 0 Å². The van der Waals surface area contributed by atoms with Gasteiger partial charge in [0.15, 0.2) is 5.96 Å². The number of rotatable bonds is 5. The Hall–Kier alpha value is -1.56. The summed E-state index contributed by atoms with van der Waals surface area (Å²) in [5.74, 6) is 1.28. The van der Waals surface area contributed by atoms with Gasteiger partial charge in [-0.2, -0.15) is 0 Å². The van der Waals surface area contributed by atoms with Crippen LogP contribution in [-0.4, -0.2) is 19.6 Å². The highest BCUT2D eigenvalue weighted by molar-refractivity contribution is 14.0. The zero-order valence-corrected chi connectivity index (χ0v) is 16.4. The number of hydrogen-bond donors (Lipinski definition) is 2. The second kappa shape index (κ2) is 10.3. The molecule has 2 aromatic rings. The van der Waals surface area contributed by atoms with Gasteiger partial charge in [-0.05, 0) is 24.0 Å². The Morgan fingerprint density at radius 2 is 1.78 bits per heavy atom. The van der Waals surface area contributed by atoms with Crippen LogP contribution >= 0.6 is 24.0 Å². The minimum Gasteiger partial charge on any atom is -0.356 e. The zero-order valence-electron chi connectivity index (χ0n) is 14.0. The van der Waals surface area contributed by atoms with Crippen LogP contribution in [0.2, 0.25) is 0 Å². The van der Waals surface area contributed by atoms with Crippen molar-refractivity contribution in [2.45, 2.75) is 26.3 Å². The van der Waals surface area contributed by atoms with Crippen LogP contribution in [0.4, 0.5) is 0 Å². The Morgan fingerprint density at radius 3 is 2.43 bits per heavy atom. The number of nitrogens with zero attached hydrogens (tertiary/aromatic N) is 1. The van der Waals surface area contributed by atoms with Crippen LogP contribution in [-0.2, 0) is 6.54 Å². The maximum atomic E-state index is 4.29. The molecule has 3 nitrogen and oxygen atoms in total. The average molecular weight is 423 g/mol. The van der Waals surface area contributed by atoms with Gasteiger partial charge >= 0.3 is 0 Å². The van der Waals surface area contributed by atoms with Crippen LogP contribution in [0.1, 0.15) is 29.5 Å². The number of guanidine groups is 1. The SMILES string of the molecule is CN=C(NCc1cccc(C)c1)NCC(C)c1ccccc1.I. The van der Waals surface area contributed by atoms with E-state index in [4.69, 9.17) is 0 Å². The van der Waals surface area contributed by atoms with Crippen molar-refractivity contribution >= 4 is 29.9 Å². The average Bonchev–Trinajstić information content (AvgIpc) is 2.55. The molecule has 2 rings (SSSR count). The number of aliphatic imine (C=N–C) groups is 1. The van der Waals surface area contributed by atoms with Gasteiger partial charge in [0.25, 0.3) is 0 Å². The molecule has 2 N–H and O–H groups in total. The van der Waals surface area contributed by atoms with Crippen molar-refractivity contribution in [1.29, 1.82) is 0 Å². The highest BCUT2D eigenvalue weighted by Crippen LogP contribution is 2.12. The van der Waals surface area contributed by atoms with Crippen molar-refractivity contribution in [2.75, 3.05) is 13.6 Å². The fourth-order valence-electron chi connectivity index (χ4n) is 2.38. The molecule has 1 unspecified atom stereocenters. The molecule has 0 saturated carbocycles. The van der Waals surface area contributed by atoms with Crippen LogP contribution in [0, 0.1) is 6.92 Å². The molecule has 0 aliphatic carbocycles. The van der Waals surface area contributed by atoms with Crippen LogP contribution in [0.5, 0.6) is 0 Å². The van der Waals surface area contributed by atoms with Gasteiger partial charge in [0.05, 0.1) is 0 Å². The van der Waals surface area contributed by atoms with Gasteiger partial charge < -0.3 is 10.6 Å². The lowest BCUT2D eigenvalue weighted by Crippen LogP contribution is -2.38. The van der Waals surface area contributed by atoms with Gasteiger partial charge in [0.2, 0.25) is 0 Å². The Morgan fingerprint density at radius 1 is 1.04 bits per heavy atom. The number of benzene rings is 2. The molecule has 0 spiro atoms. The minimum atomic E-state index is 0. The molecule has 23 heavy (non-hydrogen) atoms. The third kappa shape index (κ3) is 6.60. The molecule has 124 valence electrons. The summed E-state index contributed by atoms with van der Waals surface area (Å²) < 4.78 is 0. The van der Waals surface area contributed by atoms with Crippen molar-refractivity contribution in [2.24, 2.45) is 4.99 Å². The Kier molecular flexibility index (Phi) is 8.69. The molecule has 0 aliphatic rings. The summed E-state index contributed by atoms with van der Waals surface area (Å²) in [6, 6.07) is 19.0. The maximum absolute atomic E-state index is 4.29. The van der Waals surface area contributed by atoms with Gasteiger partial charge in [-0.25, -0.2) is 0 Å². The fraction of sp³-hybridized carbons (Fsp3) is 0.316. The van der Waals surface area contributed by atoms with Gasteiger partial charge in [-0.3, -0.25) is 4.99 Å². The van der Waals surface area contributed by atoms with E-state index in [1.807, 2.05) is 6.07 Å². The summed E-state index contributed by atoms with van der Waals surface area (Å²) in [6.07, 6.45) is 0. The highest BCUT2D eigenvalue weighted by atomic mass is 127. The summed E-state index contributed by atoms with van der Waals surface area (Å²) in [6.45, 7) is 5.97. The first kappa shape index (κ1) is 19.5. The molecule has 0 saturated heterocycles. The van der Waals surface area contributed by atoms with Crippen molar-refractivity contribution in [3.63, 3.8) is 0 Å². The van der Waals surface area contributed by atoms with Gasteiger partial charge in [0, 0.05) is 20.1 Å². The predicted molar refractivity (Wildman–Crippen MR) is 110 cm³/mol. The fourth-order valence-corrected chi connectivity index (χ4v) is 2.38. The monoisotopic (exact) mass is 423 g/mol. The summed E-state index contributed by atoms with van der Waals surface area (Å²) in [7, 11) is 1.80. The lowest BCUT2D eigenvalue weighted by molar-refractivity contribution is 0.699. The summed E-state index contributed by atoms with van der Waals surface area (Å²) in [5, 5.41) is 6.75. The van der Waals surface area contributed by atoms with Crippen LogP contribution < -0.4 is 10.6 Å². The number of halogens is 1. The molecule has 0 bridgehead atoms. The second-order valence-corrected chi connectivity index (χ2v) is 5.61. The van der Waals surface area contributed by atoms with E-state index in [2.05, 4.69) is 78.0 Å². The Labute approximate surface area is 156 Å². The molecule has 0 fully saturated rings. The van der Waals surface area contributed by atoms with Crippen molar-refractivity contribution < 1.29 is 0 Å². The molecule has 0 aromatic heterocycles. The van der Waals surface area contributed by atoms with Crippen LogP contribution in [0.25, 0.3) is 0 Å². The minimum absolute atomic E-state index is 0. The third-order valence-electron chi connectivity index (χ3n) is 3.71. The smallest absolute Gasteiger partial charge is 0.191 e. The van der Waals surface area contributed by atoms with Gasteiger partial charge in [-0.1, -0.05) is 67.1 Å². The summed E-state index contributed by atoms with van der Waals surface area (Å²) in [5.41, 5.74) is 3.88. The standard InChI is InChI=1S/C19H25N3.HI/c1-15-8-7-9-17(12-15)14-22-19(20-3)21-13-16(2)18-10-5-4-6-11-18;/h4-12,16H,13-14H2,1-3H3,(H2,20,21,22);1H. The second-order valence-electron chi connectivity index (χ2n) is 5.61. The number of nitrogens with one attached hydrogen (secondary N) is 2. The molecule has 4 heteroatoms. The lowest BCUT2D eigenvalue weighted by Gasteiger charge is -2.16. The number of aryl methyl sites for hydroxylation is 1. The molecule has 1 atom stereocenters. The summed E-state index contributed by atoms with van der Waals surface area (Å²) in [4.78, 5) is 4.29. The molecule has 0 heterocycles. The van der Waals surface area contributed by atoms with E-state index in [-0.39, 0.29) is 24.0 Å². The van der Waals surface area contributed by atoms with E-state index in [9.17, 15) is 0 Å². The lowest BCUT2D eigenvalue weighted by atomic mass is 10.0. The van der Waals surface area contributed by atoms with Crippen molar-refractivity contribution in [1.82, 2.24) is 10.6 Å². The molecular formula is C19H26IN3. The van der Waals surface area contributed by atoms with E-state index in [1.165, 1.54) is 16.7 Å². The van der Waals surface area contributed by atoms with Crippen molar-refractivity contribution in [3.8, 4) is 0 Å². The Bertz CT molecular complexity index is 611. The van der Waals surface area contributed by atoms with E-state index in [0.717, 1.165) is 19.0 Å². The molecule has 0 aliphatic heterocycles.